The van der Waals surface area contributed by atoms with Crippen LogP contribution < -0.4 is 0 Å². The first-order valence-electron chi connectivity index (χ1n) is 9.51. The molecule has 1 unspecified atom stereocenters. The summed E-state index contributed by atoms with van der Waals surface area (Å²) in [5.41, 5.74) is 3.33. The molecule has 1 aromatic carbocycles. The highest BCUT2D eigenvalue weighted by Crippen LogP contribution is 2.24. The van der Waals surface area contributed by atoms with E-state index < -0.39 is 6.10 Å². The number of amides is 1. The summed E-state index contributed by atoms with van der Waals surface area (Å²) >= 11 is 0. The predicted octanol–water partition coefficient (Wildman–Crippen LogP) is 2.33. The molecule has 7 nitrogen and oxygen atoms in total. The van der Waals surface area contributed by atoms with Crippen LogP contribution >= 0.6 is 0 Å². The minimum Gasteiger partial charge on any atom is -0.387 e. The second-order valence-corrected chi connectivity index (χ2v) is 7.28. The molecule has 0 radical (unpaired) electrons. The molecule has 1 N–H and O–H groups in total. The van der Waals surface area contributed by atoms with E-state index in [1.54, 1.807) is 6.07 Å². The van der Waals surface area contributed by atoms with Crippen LogP contribution in [0.5, 0.6) is 0 Å². The van der Waals surface area contributed by atoms with Crippen LogP contribution in [0.25, 0.3) is 11.1 Å². The monoisotopic (exact) mass is 380 g/mol. The number of aryl methyl sites for hydroxylation is 2. The smallest absolute Gasteiger partial charge is 0.258 e. The van der Waals surface area contributed by atoms with E-state index in [0.29, 0.717) is 42.0 Å². The molecule has 4 rings (SSSR count). The highest BCUT2D eigenvalue weighted by molar-refractivity contribution is 6.06. The molecule has 1 aliphatic heterocycles. The van der Waals surface area contributed by atoms with Gasteiger partial charge >= 0.3 is 0 Å². The third-order valence-electron chi connectivity index (χ3n) is 5.25. The van der Waals surface area contributed by atoms with Crippen LogP contribution in [0.1, 0.15) is 33.4 Å². The average Bonchev–Trinajstić information content (AvgIpc) is 3.08. The Bertz CT molecular complexity index is 978. The van der Waals surface area contributed by atoms with Crippen LogP contribution in [0.3, 0.4) is 0 Å². The van der Waals surface area contributed by atoms with E-state index in [-0.39, 0.29) is 5.91 Å². The Morgan fingerprint density at radius 3 is 2.61 bits per heavy atom. The van der Waals surface area contributed by atoms with Gasteiger partial charge in [-0.1, -0.05) is 35.5 Å². The lowest BCUT2D eigenvalue weighted by Crippen LogP contribution is -2.49. The molecular formula is C21H24N4O3. The molecule has 0 saturated carbocycles. The second kappa shape index (κ2) is 7.69. The first-order chi connectivity index (χ1) is 13.5. The lowest BCUT2D eigenvalue weighted by atomic mass is 10.1. The molecular weight excluding hydrogens is 356 g/mol. The first-order valence-corrected chi connectivity index (χ1v) is 9.51. The number of hydrogen-bond donors (Lipinski definition) is 1. The standard InChI is InChI=1S/C21H24N4O3/c1-14-12-17(19-15(2)23-28-20(19)22-14)21(27)25-10-8-24(9-11-25)13-18(26)16-6-4-3-5-7-16/h3-7,12,18,26H,8-11,13H2,1-2H3. The molecule has 0 bridgehead atoms. The molecule has 3 heterocycles. The fourth-order valence-corrected chi connectivity index (χ4v) is 3.72. The van der Waals surface area contributed by atoms with E-state index in [9.17, 15) is 9.90 Å². The van der Waals surface area contributed by atoms with Crippen LogP contribution in [0.2, 0.25) is 0 Å². The van der Waals surface area contributed by atoms with Gasteiger partial charge in [0.15, 0.2) is 0 Å². The second-order valence-electron chi connectivity index (χ2n) is 7.28. The number of fused-ring (bicyclic) bond motifs is 1. The minimum atomic E-state index is -0.523. The van der Waals surface area contributed by atoms with Gasteiger partial charge in [-0.15, -0.1) is 0 Å². The van der Waals surface area contributed by atoms with Crippen LogP contribution in [0, 0.1) is 13.8 Å². The van der Waals surface area contributed by atoms with Gasteiger partial charge in [-0.3, -0.25) is 9.69 Å². The molecule has 1 fully saturated rings. The summed E-state index contributed by atoms with van der Waals surface area (Å²) in [7, 11) is 0. The molecule has 0 spiro atoms. The number of carbonyl (C=O) groups is 1. The van der Waals surface area contributed by atoms with Gasteiger partial charge in [-0.2, -0.15) is 0 Å². The summed E-state index contributed by atoms with van der Waals surface area (Å²) in [6.45, 7) is 6.92. The topological polar surface area (TPSA) is 82.7 Å². The van der Waals surface area contributed by atoms with Crippen molar-refractivity contribution in [3.8, 4) is 0 Å². The van der Waals surface area contributed by atoms with Gasteiger partial charge in [0, 0.05) is 38.4 Å². The van der Waals surface area contributed by atoms with E-state index in [4.69, 9.17) is 4.52 Å². The number of nitrogens with zero attached hydrogens (tertiary/aromatic N) is 4. The maximum Gasteiger partial charge on any atom is 0.258 e. The SMILES string of the molecule is Cc1cc(C(=O)N2CCN(CC(O)c3ccccc3)CC2)c2c(C)noc2n1. The lowest BCUT2D eigenvalue weighted by Gasteiger charge is -2.35. The molecule has 1 atom stereocenters. The zero-order valence-corrected chi connectivity index (χ0v) is 16.1. The first kappa shape index (κ1) is 18.6. The fourth-order valence-electron chi connectivity index (χ4n) is 3.72. The van der Waals surface area contributed by atoms with Crippen LogP contribution in [0.15, 0.2) is 40.9 Å². The summed E-state index contributed by atoms with van der Waals surface area (Å²) in [6, 6.07) is 11.5. The van der Waals surface area contributed by atoms with Gasteiger partial charge in [-0.25, -0.2) is 4.98 Å². The molecule has 1 amide bonds. The molecule has 7 heteroatoms. The Kier molecular flexibility index (Phi) is 5.11. The summed E-state index contributed by atoms with van der Waals surface area (Å²) in [6.07, 6.45) is -0.523. The Morgan fingerprint density at radius 2 is 1.89 bits per heavy atom. The number of aliphatic hydroxyl groups excluding tert-OH is 1. The maximum atomic E-state index is 13.1. The number of hydrogen-bond acceptors (Lipinski definition) is 6. The van der Waals surface area contributed by atoms with Gasteiger partial charge in [0.25, 0.3) is 11.6 Å². The summed E-state index contributed by atoms with van der Waals surface area (Å²) in [4.78, 5) is 21.5. The Morgan fingerprint density at radius 1 is 1.18 bits per heavy atom. The predicted molar refractivity (Wildman–Crippen MR) is 105 cm³/mol. The van der Waals surface area contributed by atoms with E-state index in [1.807, 2.05) is 49.1 Å². The zero-order valence-electron chi connectivity index (χ0n) is 16.1. The third kappa shape index (κ3) is 3.63. The Hall–Kier alpha value is -2.77. The summed E-state index contributed by atoms with van der Waals surface area (Å²) < 4.78 is 5.24. The van der Waals surface area contributed by atoms with Crippen LogP contribution in [0.4, 0.5) is 0 Å². The number of piperazine rings is 1. The number of carbonyl (C=O) groups excluding carboxylic acids is 1. The quantitative estimate of drug-likeness (QED) is 0.748. The fraction of sp³-hybridized carbons (Fsp3) is 0.381. The van der Waals surface area contributed by atoms with E-state index in [2.05, 4.69) is 15.0 Å². The summed E-state index contributed by atoms with van der Waals surface area (Å²) in [5, 5.41) is 15.1. The van der Waals surface area contributed by atoms with E-state index >= 15 is 0 Å². The van der Waals surface area contributed by atoms with E-state index in [1.165, 1.54) is 0 Å². The van der Waals surface area contributed by atoms with Crippen molar-refractivity contribution in [2.45, 2.75) is 20.0 Å². The number of pyridine rings is 1. The molecule has 2 aromatic heterocycles. The average molecular weight is 380 g/mol. The van der Waals surface area contributed by atoms with Crippen molar-refractivity contribution < 1.29 is 14.4 Å². The molecule has 28 heavy (non-hydrogen) atoms. The zero-order chi connectivity index (χ0) is 19.7. The minimum absolute atomic E-state index is 0.0231. The highest BCUT2D eigenvalue weighted by Gasteiger charge is 2.26. The number of aliphatic hydroxyl groups is 1. The van der Waals surface area contributed by atoms with Crippen molar-refractivity contribution in [2.24, 2.45) is 0 Å². The van der Waals surface area contributed by atoms with Gasteiger partial charge in [0.1, 0.15) is 0 Å². The highest BCUT2D eigenvalue weighted by atomic mass is 16.5. The number of β-amino-alcohol motifs (C(OH)–C–C–N with tert-alkyl or cyclic N) is 1. The van der Waals surface area contributed by atoms with E-state index in [0.717, 1.165) is 24.3 Å². The third-order valence-corrected chi connectivity index (χ3v) is 5.25. The molecule has 0 aliphatic carbocycles. The number of rotatable bonds is 4. The Balaban J connectivity index is 1.43. The van der Waals surface area contributed by atoms with Gasteiger partial charge in [0.2, 0.25) is 0 Å². The Labute approximate surface area is 163 Å². The van der Waals surface area contributed by atoms with Gasteiger partial charge in [0.05, 0.1) is 22.7 Å². The normalized spacial score (nSPS) is 16.5. The number of benzene rings is 1. The van der Waals surface area contributed by atoms with Crippen molar-refractivity contribution >= 4 is 17.0 Å². The van der Waals surface area contributed by atoms with Crippen molar-refractivity contribution in [1.82, 2.24) is 19.9 Å². The van der Waals surface area contributed by atoms with Crippen molar-refractivity contribution in [3.05, 3.63) is 58.9 Å². The molecule has 3 aromatic rings. The van der Waals surface area contributed by atoms with Crippen molar-refractivity contribution in [3.63, 3.8) is 0 Å². The van der Waals surface area contributed by atoms with Gasteiger partial charge < -0.3 is 14.5 Å². The van der Waals surface area contributed by atoms with Crippen molar-refractivity contribution in [2.75, 3.05) is 32.7 Å². The molecule has 146 valence electrons. The molecule has 1 aliphatic rings. The molecule has 1 saturated heterocycles. The number of aromatic nitrogens is 2. The maximum absolute atomic E-state index is 13.1. The lowest BCUT2D eigenvalue weighted by molar-refractivity contribution is 0.0529. The van der Waals surface area contributed by atoms with Crippen LogP contribution in [-0.4, -0.2) is 63.7 Å². The van der Waals surface area contributed by atoms with Crippen LogP contribution in [-0.2, 0) is 0 Å². The summed E-state index contributed by atoms with van der Waals surface area (Å²) in [5.74, 6) is -0.0231. The van der Waals surface area contributed by atoms with Crippen molar-refractivity contribution in [1.29, 1.82) is 0 Å². The van der Waals surface area contributed by atoms with Gasteiger partial charge in [-0.05, 0) is 25.5 Å². The largest absolute Gasteiger partial charge is 0.387 e.